The number of fused-ring (bicyclic) bond motifs is 1. The molecule has 0 atom stereocenters. The number of pyridine rings is 1. The molecule has 0 unspecified atom stereocenters. The van der Waals surface area contributed by atoms with Crippen LogP contribution in [0.15, 0.2) is 24.4 Å². The fraction of sp³-hybridized carbons (Fsp3) is 0.250. The van der Waals surface area contributed by atoms with Crippen LogP contribution in [0, 0.1) is 12.9 Å². The molecule has 2 aromatic rings. The van der Waals surface area contributed by atoms with E-state index < -0.39 is 19.0 Å². The van der Waals surface area contributed by atoms with Crippen molar-refractivity contribution < 1.29 is 17.9 Å². The molecule has 0 bridgehead atoms. The van der Waals surface area contributed by atoms with Gasteiger partial charge >= 0.3 is 0 Å². The molecule has 0 aliphatic heterocycles. The highest BCUT2D eigenvalue weighted by Crippen LogP contribution is 2.27. The number of alkyl halides is 2. The molecule has 0 N–H and O–H groups in total. The summed E-state index contributed by atoms with van der Waals surface area (Å²) in [7, 11) is 0. The first-order valence-corrected chi connectivity index (χ1v) is 5.03. The SMILES string of the molecule is Cc1ccc2c(F)ncc(OCC(F)F)c2c1. The van der Waals surface area contributed by atoms with Gasteiger partial charge in [-0.1, -0.05) is 11.6 Å². The summed E-state index contributed by atoms with van der Waals surface area (Å²) in [5, 5.41) is 0.723. The van der Waals surface area contributed by atoms with E-state index >= 15 is 0 Å². The lowest BCUT2D eigenvalue weighted by Crippen LogP contribution is -2.07. The van der Waals surface area contributed by atoms with E-state index in [9.17, 15) is 13.2 Å². The van der Waals surface area contributed by atoms with E-state index in [1.807, 2.05) is 6.92 Å². The zero-order chi connectivity index (χ0) is 12.4. The van der Waals surface area contributed by atoms with Gasteiger partial charge < -0.3 is 4.74 Å². The van der Waals surface area contributed by atoms with Crippen LogP contribution in [0.1, 0.15) is 5.56 Å². The molecule has 2 nitrogen and oxygen atoms in total. The number of ether oxygens (including phenoxy) is 1. The quantitative estimate of drug-likeness (QED) is 0.769. The Morgan fingerprint density at radius 2 is 2.06 bits per heavy atom. The molecule has 1 aromatic heterocycles. The second-order valence-corrected chi connectivity index (χ2v) is 3.66. The third-order valence-corrected chi connectivity index (χ3v) is 2.32. The summed E-state index contributed by atoms with van der Waals surface area (Å²) >= 11 is 0. The van der Waals surface area contributed by atoms with Crippen molar-refractivity contribution in [3.8, 4) is 5.75 Å². The van der Waals surface area contributed by atoms with E-state index in [1.54, 1.807) is 18.2 Å². The van der Waals surface area contributed by atoms with Crippen LogP contribution in [0.2, 0.25) is 0 Å². The number of hydrogen-bond donors (Lipinski definition) is 0. The normalized spacial score (nSPS) is 11.1. The Bertz CT molecular complexity index is 543. The minimum absolute atomic E-state index is 0.172. The lowest BCUT2D eigenvalue weighted by molar-refractivity contribution is 0.0824. The highest BCUT2D eigenvalue weighted by molar-refractivity contribution is 5.88. The van der Waals surface area contributed by atoms with Gasteiger partial charge in [0.25, 0.3) is 6.43 Å². The summed E-state index contributed by atoms with van der Waals surface area (Å²) in [4.78, 5) is 3.48. The van der Waals surface area contributed by atoms with Gasteiger partial charge in [0.15, 0.2) is 0 Å². The van der Waals surface area contributed by atoms with Crippen LogP contribution in [0.4, 0.5) is 13.2 Å². The van der Waals surface area contributed by atoms with Crippen molar-refractivity contribution in [3.63, 3.8) is 0 Å². The molecule has 0 saturated carbocycles. The smallest absolute Gasteiger partial charge is 0.272 e. The van der Waals surface area contributed by atoms with E-state index in [2.05, 4.69) is 4.98 Å². The van der Waals surface area contributed by atoms with Crippen molar-refractivity contribution in [3.05, 3.63) is 35.9 Å². The molecule has 0 aliphatic rings. The molecule has 0 saturated heterocycles. The van der Waals surface area contributed by atoms with Gasteiger partial charge in [0.1, 0.15) is 12.4 Å². The molecule has 0 spiro atoms. The van der Waals surface area contributed by atoms with Crippen molar-refractivity contribution in [2.75, 3.05) is 6.61 Å². The zero-order valence-corrected chi connectivity index (χ0v) is 9.08. The fourth-order valence-corrected chi connectivity index (χ4v) is 1.56. The van der Waals surface area contributed by atoms with Crippen molar-refractivity contribution in [2.45, 2.75) is 13.3 Å². The van der Waals surface area contributed by atoms with Crippen LogP contribution in [0.5, 0.6) is 5.75 Å². The number of nitrogens with zero attached hydrogens (tertiary/aromatic N) is 1. The van der Waals surface area contributed by atoms with Gasteiger partial charge in [-0.25, -0.2) is 13.8 Å². The third-order valence-electron chi connectivity index (χ3n) is 2.32. The molecule has 17 heavy (non-hydrogen) atoms. The van der Waals surface area contributed by atoms with Gasteiger partial charge in [-0.2, -0.15) is 4.39 Å². The second kappa shape index (κ2) is 4.61. The van der Waals surface area contributed by atoms with E-state index in [4.69, 9.17) is 4.74 Å². The molecule has 5 heteroatoms. The Balaban J connectivity index is 2.48. The largest absolute Gasteiger partial charge is 0.485 e. The lowest BCUT2D eigenvalue weighted by atomic mass is 10.1. The second-order valence-electron chi connectivity index (χ2n) is 3.66. The average Bonchev–Trinajstić information content (AvgIpc) is 2.28. The Morgan fingerprint density at radius 1 is 1.29 bits per heavy atom. The average molecular weight is 241 g/mol. The summed E-state index contributed by atoms with van der Waals surface area (Å²) in [6.07, 6.45) is -1.45. The molecule has 1 heterocycles. The van der Waals surface area contributed by atoms with Crippen molar-refractivity contribution in [1.82, 2.24) is 4.98 Å². The van der Waals surface area contributed by atoms with Crippen molar-refractivity contribution >= 4 is 10.8 Å². The van der Waals surface area contributed by atoms with Crippen LogP contribution < -0.4 is 4.74 Å². The minimum Gasteiger partial charge on any atom is -0.485 e. The van der Waals surface area contributed by atoms with Crippen molar-refractivity contribution in [2.24, 2.45) is 0 Å². The monoisotopic (exact) mass is 241 g/mol. The predicted molar refractivity (Wildman–Crippen MR) is 57.9 cm³/mol. The highest BCUT2D eigenvalue weighted by Gasteiger charge is 2.10. The van der Waals surface area contributed by atoms with Crippen LogP contribution in [0.25, 0.3) is 10.8 Å². The van der Waals surface area contributed by atoms with Crippen LogP contribution >= 0.6 is 0 Å². The molecule has 0 amide bonds. The maximum atomic E-state index is 13.4. The highest BCUT2D eigenvalue weighted by atomic mass is 19.3. The van der Waals surface area contributed by atoms with E-state index in [0.29, 0.717) is 5.39 Å². The van der Waals surface area contributed by atoms with Gasteiger partial charge in [-0.15, -0.1) is 0 Å². The van der Waals surface area contributed by atoms with Crippen molar-refractivity contribution in [1.29, 1.82) is 0 Å². The molecule has 90 valence electrons. The first kappa shape index (κ1) is 11.7. The molecule has 2 rings (SSSR count). The van der Waals surface area contributed by atoms with E-state index in [1.165, 1.54) is 0 Å². The van der Waals surface area contributed by atoms with Gasteiger partial charge in [0.05, 0.1) is 6.20 Å². The number of hydrogen-bond acceptors (Lipinski definition) is 2. The summed E-state index contributed by atoms with van der Waals surface area (Å²) < 4.78 is 42.4. The summed E-state index contributed by atoms with van der Waals surface area (Å²) in [6.45, 7) is 1.10. The molecule has 0 radical (unpaired) electrons. The maximum Gasteiger partial charge on any atom is 0.272 e. The first-order valence-electron chi connectivity index (χ1n) is 5.03. The zero-order valence-electron chi connectivity index (χ0n) is 9.08. The number of halogens is 3. The maximum absolute atomic E-state index is 13.4. The Hall–Kier alpha value is -1.78. The van der Waals surface area contributed by atoms with Crippen LogP contribution in [0.3, 0.4) is 0 Å². The number of aryl methyl sites for hydroxylation is 1. The van der Waals surface area contributed by atoms with E-state index in [0.717, 1.165) is 11.8 Å². The summed E-state index contributed by atoms with van der Waals surface area (Å²) in [5.74, 6) is -0.463. The first-order chi connectivity index (χ1) is 8.08. The Kier molecular flexibility index (Phi) is 3.17. The molecule has 1 aromatic carbocycles. The Labute approximate surface area is 96.0 Å². The molecule has 0 aliphatic carbocycles. The summed E-state index contributed by atoms with van der Waals surface area (Å²) in [5.41, 5.74) is 0.894. The standard InChI is InChI=1S/C12H10F3NO/c1-7-2-3-8-9(4-7)10(5-16-12(8)15)17-6-11(13)14/h2-5,11H,6H2,1H3. The van der Waals surface area contributed by atoms with E-state index in [-0.39, 0.29) is 11.1 Å². The van der Waals surface area contributed by atoms with Crippen LogP contribution in [-0.2, 0) is 0 Å². The third kappa shape index (κ3) is 2.49. The fourth-order valence-electron chi connectivity index (χ4n) is 1.56. The number of aromatic nitrogens is 1. The van der Waals surface area contributed by atoms with Crippen LogP contribution in [-0.4, -0.2) is 18.0 Å². The predicted octanol–water partition coefficient (Wildman–Crippen LogP) is 3.33. The molecular formula is C12H10F3NO. The van der Waals surface area contributed by atoms with Gasteiger partial charge in [0, 0.05) is 10.8 Å². The molecule has 0 fully saturated rings. The topological polar surface area (TPSA) is 22.1 Å². The lowest BCUT2D eigenvalue weighted by Gasteiger charge is -2.09. The van der Waals surface area contributed by atoms with Gasteiger partial charge in [-0.3, -0.25) is 0 Å². The summed E-state index contributed by atoms with van der Waals surface area (Å²) in [6, 6.07) is 4.97. The Morgan fingerprint density at radius 3 is 2.76 bits per heavy atom. The van der Waals surface area contributed by atoms with Gasteiger partial charge in [0.2, 0.25) is 5.95 Å². The number of benzene rings is 1. The minimum atomic E-state index is -2.57. The molecular weight excluding hydrogens is 231 g/mol. The number of rotatable bonds is 3. The van der Waals surface area contributed by atoms with Gasteiger partial charge in [-0.05, 0) is 19.1 Å².